The van der Waals surface area contributed by atoms with Gasteiger partial charge < -0.3 is 22.1 Å². The summed E-state index contributed by atoms with van der Waals surface area (Å²) in [6.07, 6.45) is 10.6. The Morgan fingerprint density at radius 3 is 2.26 bits per heavy atom. The topological polar surface area (TPSA) is 69.4 Å². The van der Waals surface area contributed by atoms with Crippen LogP contribution in [0.3, 0.4) is 0 Å². The van der Waals surface area contributed by atoms with Crippen molar-refractivity contribution < 1.29 is 35.1 Å². The van der Waals surface area contributed by atoms with Crippen molar-refractivity contribution in [3.05, 3.63) is 29.8 Å². The molecule has 0 heterocycles. The molecule has 1 aromatic rings. The van der Waals surface area contributed by atoms with Gasteiger partial charge in [0.1, 0.15) is 19.3 Å². The van der Waals surface area contributed by atoms with Crippen molar-refractivity contribution >= 4 is 21.9 Å². The second-order valence-electron chi connectivity index (χ2n) is 6.87. The number of nitrogens with one attached hydrogen (secondary N) is 1. The summed E-state index contributed by atoms with van der Waals surface area (Å²) in [6.45, 7) is 6.27. The number of nitrogens with zero attached hydrogens (tertiary/aromatic N) is 1. The van der Waals surface area contributed by atoms with Crippen LogP contribution in [0.4, 0.5) is 5.69 Å². The van der Waals surface area contributed by atoms with Crippen LogP contribution in [-0.4, -0.2) is 43.7 Å². The third kappa shape index (κ3) is 12.2. The minimum atomic E-state index is -3.28. The quantitative estimate of drug-likeness (QED) is 0.260. The molecule has 0 aromatic heterocycles. The standard InChI is InChI=1S/C20H35N2O3S.BrH/c1-4-6-8-9-16-22(15-7-5-2)17-14-20(23)18-10-12-19(13-11-18)21-26(3,24)25;/h10-13,16,20-21,23H,4-9,14-15,17H2,1-3H3;1H/q+1;/p-1. The Bertz CT molecular complexity index is 646. The number of aliphatic hydroxyl groups is 1. The highest BCUT2D eigenvalue weighted by atomic mass is 79.9. The van der Waals surface area contributed by atoms with E-state index in [1.165, 1.54) is 19.3 Å². The molecule has 156 valence electrons. The van der Waals surface area contributed by atoms with Gasteiger partial charge in [0.2, 0.25) is 10.0 Å². The van der Waals surface area contributed by atoms with Gasteiger partial charge >= 0.3 is 0 Å². The number of aliphatic hydroxyl groups excluding tert-OH is 1. The molecule has 1 unspecified atom stereocenters. The SMILES string of the molecule is CCCCCC=[N+](CCCC)CCC(O)c1ccc(NS(C)(=O)=O)cc1.[Br-]. The van der Waals surface area contributed by atoms with Gasteiger partial charge in [0.05, 0.1) is 12.4 Å². The lowest BCUT2D eigenvalue weighted by Gasteiger charge is -2.12. The van der Waals surface area contributed by atoms with E-state index in [9.17, 15) is 13.5 Å². The molecule has 27 heavy (non-hydrogen) atoms. The molecule has 0 bridgehead atoms. The lowest BCUT2D eigenvalue weighted by atomic mass is 10.1. The van der Waals surface area contributed by atoms with E-state index in [0.29, 0.717) is 12.1 Å². The van der Waals surface area contributed by atoms with E-state index in [4.69, 9.17) is 0 Å². The van der Waals surface area contributed by atoms with Gasteiger partial charge in [-0.2, -0.15) is 0 Å². The van der Waals surface area contributed by atoms with Gasteiger partial charge in [-0.25, -0.2) is 13.0 Å². The van der Waals surface area contributed by atoms with Crippen molar-refractivity contribution in [3.8, 4) is 0 Å². The number of hydrogen-bond donors (Lipinski definition) is 2. The molecule has 2 N–H and O–H groups in total. The fourth-order valence-electron chi connectivity index (χ4n) is 2.77. The summed E-state index contributed by atoms with van der Waals surface area (Å²) >= 11 is 0. The van der Waals surface area contributed by atoms with Gasteiger partial charge in [-0.3, -0.25) is 4.72 Å². The average Bonchev–Trinajstić information content (AvgIpc) is 2.59. The number of hydrogen-bond acceptors (Lipinski definition) is 3. The van der Waals surface area contributed by atoms with Crippen LogP contribution in [0.25, 0.3) is 0 Å². The summed E-state index contributed by atoms with van der Waals surface area (Å²) < 4.78 is 27.2. The zero-order chi connectivity index (χ0) is 19.4. The van der Waals surface area contributed by atoms with Crippen molar-refractivity contribution in [3.63, 3.8) is 0 Å². The highest BCUT2D eigenvalue weighted by Gasteiger charge is 2.12. The van der Waals surface area contributed by atoms with Crippen LogP contribution >= 0.6 is 0 Å². The van der Waals surface area contributed by atoms with Crippen LogP contribution in [0.2, 0.25) is 0 Å². The third-order valence-corrected chi connectivity index (χ3v) is 4.89. The molecular formula is C20H35BrN2O3S. The van der Waals surface area contributed by atoms with Crippen LogP contribution in [0.5, 0.6) is 0 Å². The van der Waals surface area contributed by atoms with E-state index in [0.717, 1.165) is 44.2 Å². The van der Waals surface area contributed by atoms with Gasteiger partial charge in [-0.05, 0) is 24.1 Å². The Kier molecular flexibility index (Phi) is 13.6. The molecule has 1 atom stereocenters. The molecule has 0 saturated heterocycles. The first-order chi connectivity index (χ1) is 12.4. The van der Waals surface area contributed by atoms with Crippen molar-refractivity contribution in [2.45, 2.75) is 64.9 Å². The largest absolute Gasteiger partial charge is 1.00 e. The number of rotatable bonds is 13. The summed E-state index contributed by atoms with van der Waals surface area (Å²) in [6, 6.07) is 6.93. The Labute approximate surface area is 175 Å². The lowest BCUT2D eigenvalue weighted by molar-refractivity contribution is -0.527. The van der Waals surface area contributed by atoms with E-state index in [2.05, 4.69) is 29.4 Å². The van der Waals surface area contributed by atoms with Crippen molar-refractivity contribution in [1.29, 1.82) is 0 Å². The second kappa shape index (κ2) is 14.1. The zero-order valence-corrected chi connectivity index (χ0v) is 19.2. The van der Waals surface area contributed by atoms with Crippen LogP contribution in [0, 0.1) is 0 Å². The first-order valence-electron chi connectivity index (χ1n) is 9.69. The van der Waals surface area contributed by atoms with E-state index < -0.39 is 16.1 Å². The van der Waals surface area contributed by atoms with Crippen molar-refractivity contribution in [2.24, 2.45) is 0 Å². The van der Waals surface area contributed by atoms with Crippen LogP contribution in [-0.2, 0) is 10.0 Å². The highest BCUT2D eigenvalue weighted by molar-refractivity contribution is 7.92. The lowest BCUT2D eigenvalue weighted by Crippen LogP contribution is -3.00. The normalized spacial score (nSPS) is 13.1. The number of anilines is 1. The maximum Gasteiger partial charge on any atom is 0.229 e. The van der Waals surface area contributed by atoms with E-state index in [-0.39, 0.29) is 17.0 Å². The maximum atomic E-state index is 11.2. The molecule has 5 nitrogen and oxygen atoms in total. The van der Waals surface area contributed by atoms with Crippen LogP contribution < -0.4 is 21.7 Å². The molecule has 0 aliphatic heterocycles. The molecular weight excluding hydrogens is 428 g/mol. The highest BCUT2D eigenvalue weighted by Crippen LogP contribution is 2.19. The average molecular weight is 463 g/mol. The molecule has 0 amide bonds. The summed E-state index contributed by atoms with van der Waals surface area (Å²) in [5.41, 5.74) is 1.32. The fourth-order valence-corrected chi connectivity index (χ4v) is 3.33. The Morgan fingerprint density at radius 2 is 1.70 bits per heavy atom. The molecule has 0 spiro atoms. The molecule has 0 fully saturated rings. The molecule has 0 radical (unpaired) electrons. The van der Waals surface area contributed by atoms with Crippen molar-refractivity contribution in [1.82, 2.24) is 0 Å². The first-order valence-corrected chi connectivity index (χ1v) is 11.6. The predicted molar refractivity (Wildman–Crippen MR) is 110 cm³/mol. The maximum absolute atomic E-state index is 11.2. The summed E-state index contributed by atoms with van der Waals surface area (Å²) in [5, 5.41) is 10.4. The van der Waals surface area contributed by atoms with Gasteiger partial charge in [0.25, 0.3) is 0 Å². The predicted octanol–water partition coefficient (Wildman–Crippen LogP) is 0.949. The summed E-state index contributed by atoms with van der Waals surface area (Å²) in [4.78, 5) is 0. The minimum absolute atomic E-state index is 0. The van der Waals surface area contributed by atoms with Crippen molar-refractivity contribution in [2.75, 3.05) is 24.1 Å². The number of sulfonamides is 1. The molecule has 1 rings (SSSR count). The zero-order valence-electron chi connectivity index (χ0n) is 16.8. The first kappa shape index (κ1) is 26.1. The summed E-state index contributed by atoms with van der Waals surface area (Å²) in [5.74, 6) is 0. The van der Waals surface area contributed by atoms with Gasteiger partial charge in [-0.1, -0.05) is 45.2 Å². The van der Waals surface area contributed by atoms with E-state index >= 15 is 0 Å². The third-order valence-electron chi connectivity index (χ3n) is 4.28. The molecule has 0 aliphatic carbocycles. The Morgan fingerprint density at radius 1 is 1.07 bits per heavy atom. The van der Waals surface area contributed by atoms with Gasteiger partial charge in [-0.15, -0.1) is 0 Å². The monoisotopic (exact) mass is 462 g/mol. The molecule has 1 aromatic carbocycles. The molecule has 7 heteroatoms. The van der Waals surface area contributed by atoms with E-state index in [1.807, 2.05) is 0 Å². The smallest absolute Gasteiger partial charge is 0.229 e. The fraction of sp³-hybridized carbons (Fsp3) is 0.650. The second-order valence-corrected chi connectivity index (χ2v) is 8.62. The van der Waals surface area contributed by atoms with Gasteiger partial charge in [0.15, 0.2) is 0 Å². The van der Waals surface area contributed by atoms with Crippen LogP contribution in [0.15, 0.2) is 24.3 Å². The Hall–Kier alpha value is -0.920. The Balaban J connectivity index is 0.00000676. The molecule has 0 aliphatic rings. The number of halogens is 1. The summed E-state index contributed by atoms with van der Waals surface area (Å²) in [7, 11) is -3.28. The molecule has 0 saturated carbocycles. The minimum Gasteiger partial charge on any atom is -1.00 e. The number of unbranched alkanes of at least 4 members (excludes halogenated alkanes) is 4. The number of benzene rings is 1. The van der Waals surface area contributed by atoms with Crippen LogP contribution in [0.1, 0.15) is 70.5 Å². The van der Waals surface area contributed by atoms with E-state index in [1.54, 1.807) is 24.3 Å². The van der Waals surface area contributed by atoms with Gasteiger partial charge in [0, 0.05) is 24.9 Å².